The van der Waals surface area contributed by atoms with E-state index >= 15 is 0 Å². The summed E-state index contributed by atoms with van der Waals surface area (Å²) in [6, 6.07) is 9.28. The minimum absolute atomic E-state index is 0.490. The van der Waals surface area contributed by atoms with Gasteiger partial charge in [0.25, 0.3) is 0 Å². The van der Waals surface area contributed by atoms with Crippen LogP contribution in [0.1, 0.15) is 44.2 Å². The van der Waals surface area contributed by atoms with Gasteiger partial charge in [0.15, 0.2) is 0 Å². The van der Waals surface area contributed by atoms with Gasteiger partial charge in [0.1, 0.15) is 0 Å². The Balaban J connectivity index is 2.63. The summed E-state index contributed by atoms with van der Waals surface area (Å²) in [5.41, 5.74) is 1.41. The van der Waals surface area contributed by atoms with Crippen LogP contribution in [0.4, 0.5) is 0 Å². The van der Waals surface area contributed by atoms with Crippen molar-refractivity contribution in [2.75, 3.05) is 6.54 Å². The lowest BCUT2D eigenvalue weighted by Gasteiger charge is -2.19. The fourth-order valence-corrected chi connectivity index (χ4v) is 2.46. The van der Waals surface area contributed by atoms with Crippen LogP contribution < -0.4 is 5.32 Å². The van der Waals surface area contributed by atoms with Crippen LogP contribution in [-0.2, 0) is 0 Å². The summed E-state index contributed by atoms with van der Waals surface area (Å²) in [6.45, 7) is 7.08. The Hall–Kier alpha value is -0.350. The Morgan fingerprint density at radius 2 is 2.29 bits per heavy atom. The monoisotopic (exact) mass is 343 g/mol. The molecule has 0 aliphatic heterocycles. The first-order valence-electron chi connectivity index (χ1n) is 6.37. The molecule has 0 fully saturated rings. The Labute approximate surface area is 119 Å². The first-order valence-corrected chi connectivity index (χ1v) is 7.45. The van der Waals surface area contributed by atoms with Crippen molar-refractivity contribution in [2.24, 2.45) is 0 Å². The molecule has 17 heavy (non-hydrogen) atoms. The zero-order valence-electron chi connectivity index (χ0n) is 10.6. The minimum Gasteiger partial charge on any atom is -0.310 e. The fourth-order valence-electron chi connectivity index (χ4n) is 1.89. The molecule has 1 atom stereocenters. The van der Waals surface area contributed by atoms with Crippen LogP contribution in [0, 0.1) is 3.57 Å². The van der Waals surface area contributed by atoms with Crippen LogP contribution in [0.25, 0.3) is 0 Å². The van der Waals surface area contributed by atoms with Crippen molar-refractivity contribution in [2.45, 2.75) is 38.6 Å². The van der Waals surface area contributed by atoms with Crippen molar-refractivity contribution in [3.63, 3.8) is 0 Å². The van der Waals surface area contributed by atoms with E-state index < -0.39 is 0 Å². The van der Waals surface area contributed by atoms with E-state index in [9.17, 15) is 0 Å². The number of benzene rings is 1. The zero-order chi connectivity index (χ0) is 12.5. The maximum atomic E-state index is 3.78. The third-order valence-electron chi connectivity index (χ3n) is 2.79. The molecule has 0 amide bonds. The van der Waals surface area contributed by atoms with E-state index in [2.05, 4.69) is 65.7 Å². The molecule has 1 aromatic carbocycles. The van der Waals surface area contributed by atoms with Gasteiger partial charge in [-0.15, -0.1) is 6.58 Å². The van der Waals surface area contributed by atoms with Crippen molar-refractivity contribution in [1.82, 2.24) is 5.32 Å². The summed E-state index contributed by atoms with van der Waals surface area (Å²) in [7, 11) is 0. The summed E-state index contributed by atoms with van der Waals surface area (Å²) in [5.74, 6) is 0. The van der Waals surface area contributed by atoms with E-state index in [0.29, 0.717) is 6.04 Å². The highest BCUT2D eigenvalue weighted by Gasteiger charge is 2.09. The second-order valence-corrected chi connectivity index (χ2v) is 5.53. The molecule has 1 nitrogen and oxygen atoms in total. The van der Waals surface area contributed by atoms with Gasteiger partial charge in [0.2, 0.25) is 0 Å². The van der Waals surface area contributed by atoms with Crippen LogP contribution in [0.5, 0.6) is 0 Å². The summed E-state index contributed by atoms with van der Waals surface area (Å²) in [4.78, 5) is 0. The quantitative estimate of drug-likeness (QED) is 0.410. The third-order valence-corrected chi connectivity index (χ3v) is 3.46. The predicted molar refractivity (Wildman–Crippen MR) is 84.2 cm³/mol. The lowest BCUT2D eigenvalue weighted by molar-refractivity contribution is 0.486. The highest BCUT2D eigenvalue weighted by atomic mass is 127. The molecule has 94 valence electrons. The van der Waals surface area contributed by atoms with Crippen LogP contribution in [0.2, 0.25) is 0 Å². The number of halogens is 1. The molecule has 0 aliphatic rings. The minimum atomic E-state index is 0.490. The summed E-state index contributed by atoms with van der Waals surface area (Å²) in [6.07, 6.45) is 6.68. The van der Waals surface area contributed by atoms with Gasteiger partial charge in [-0.25, -0.2) is 0 Å². The number of allylic oxidation sites excluding steroid dienone is 1. The van der Waals surface area contributed by atoms with Gasteiger partial charge in [0.05, 0.1) is 0 Å². The fraction of sp³-hybridized carbons (Fsp3) is 0.467. The highest BCUT2D eigenvalue weighted by molar-refractivity contribution is 14.1. The highest BCUT2D eigenvalue weighted by Crippen LogP contribution is 2.21. The number of rotatable bonds is 8. The lowest BCUT2D eigenvalue weighted by atomic mass is 10.0. The SMILES string of the molecule is C=CCCCC(NCCC)c1cccc(I)c1. The topological polar surface area (TPSA) is 12.0 Å². The summed E-state index contributed by atoms with van der Waals surface area (Å²) in [5, 5.41) is 3.63. The van der Waals surface area contributed by atoms with E-state index in [-0.39, 0.29) is 0 Å². The molecule has 0 aromatic heterocycles. The summed E-state index contributed by atoms with van der Waals surface area (Å²) < 4.78 is 1.31. The smallest absolute Gasteiger partial charge is 0.0320 e. The molecule has 1 rings (SSSR count). The van der Waals surface area contributed by atoms with Crippen LogP contribution in [-0.4, -0.2) is 6.54 Å². The molecule has 2 heteroatoms. The van der Waals surface area contributed by atoms with Gasteiger partial charge in [-0.2, -0.15) is 0 Å². The predicted octanol–water partition coefficient (Wildman–Crippen LogP) is 4.69. The number of unbranched alkanes of at least 4 members (excludes halogenated alkanes) is 1. The molecule has 0 saturated heterocycles. The van der Waals surface area contributed by atoms with Gasteiger partial charge in [-0.1, -0.05) is 25.1 Å². The molecule has 0 heterocycles. The first-order chi connectivity index (χ1) is 8.27. The average molecular weight is 343 g/mol. The van der Waals surface area contributed by atoms with Gasteiger partial charge < -0.3 is 5.32 Å². The molecule has 1 aromatic rings. The Kier molecular flexibility index (Phi) is 7.53. The average Bonchev–Trinajstić information content (AvgIpc) is 2.33. The Morgan fingerprint density at radius 3 is 2.94 bits per heavy atom. The van der Waals surface area contributed by atoms with E-state index in [1.54, 1.807) is 0 Å². The number of hydrogen-bond donors (Lipinski definition) is 1. The molecule has 0 aliphatic carbocycles. The number of nitrogens with one attached hydrogen (secondary N) is 1. The zero-order valence-corrected chi connectivity index (χ0v) is 12.7. The van der Waals surface area contributed by atoms with Gasteiger partial charge in [-0.3, -0.25) is 0 Å². The number of hydrogen-bond acceptors (Lipinski definition) is 1. The maximum absolute atomic E-state index is 3.78. The second kappa shape index (κ2) is 8.70. The summed E-state index contributed by atoms with van der Waals surface area (Å²) >= 11 is 2.38. The standard InChI is InChI=1S/C15H22IN/c1-3-5-6-10-15(17-11-4-2)13-8-7-9-14(16)12-13/h3,7-9,12,15,17H,1,4-6,10-11H2,2H3. The van der Waals surface area contributed by atoms with E-state index in [1.165, 1.54) is 28.4 Å². The first kappa shape index (κ1) is 14.7. The maximum Gasteiger partial charge on any atom is 0.0320 e. The van der Waals surface area contributed by atoms with Crippen LogP contribution >= 0.6 is 22.6 Å². The second-order valence-electron chi connectivity index (χ2n) is 4.28. The van der Waals surface area contributed by atoms with Gasteiger partial charge in [0, 0.05) is 9.61 Å². The molecule has 0 saturated carbocycles. The molecular weight excluding hydrogens is 321 g/mol. The molecule has 0 spiro atoms. The van der Waals surface area contributed by atoms with Crippen molar-refractivity contribution < 1.29 is 0 Å². The molecular formula is C15H22IN. The molecule has 1 unspecified atom stereocenters. The Morgan fingerprint density at radius 1 is 1.47 bits per heavy atom. The van der Waals surface area contributed by atoms with Crippen molar-refractivity contribution in [1.29, 1.82) is 0 Å². The normalized spacial score (nSPS) is 12.4. The lowest BCUT2D eigenvalue weighted by Crippen LogP contribution is -2.22. The van der Waals surface area contributed by atoms with Crippen molar-refractivity contribution in [3.05, 3.63) is 46.1 Å². The largest absolute Gasteiger partial charge is 0.310 e. The molecule has 0 radical (unpaired) electrons. The molecule has 0 bridgehead atoms. The molecule has 1 N–H and O–H groups in total. The van der Waals surface area contributed by atoms with Crippen molar-refractivity contribution in [3.8, 4) is 0 Å². The van der Waals surface area contributed by atoms with Gasteiger partial charge >= 0.3 is 0 Å². The van der Waals surface area contributed by atoms with E-state index in [4.69, 9.17) is 0 Å². The third kappa shape index (κ3) is 5.68. The van der Waals surface area contributed by atoms with E-state index in [0.717, 1.165) is 13.0 Å². The van der Waals surface area contributed by atoms with Crippen LogP contribution in [0.15, 0.2) is 36.9 Å². The van der Waals surface area contributed by atoms with Crippen LogP contribution in [0.3, 0.4) is 0 Å². The Bertz CT molecular complexity index is 335. The van der Waals surface area contributed by atoms with Crippen molar-refractivity contribution >= 4 is 22.6 Å². The van der Waals surface area contributed by atoms with E-state index in [1.807, 2.05) is 6.08 Å². The van der Waals surface area contributed by atoms with Gasteiger partial charge in [-0.05, 0) is 72.5 Å².